The first kappa shape index (κ1) is 26.5. The second-order valence-electron chi connectivity index (χ2n) is 7.34. The molecule has 0 aliphatic carbocycles. The molecule has 0 saturated heterocycles. The van der Waals surface area contributed by atoms with Crippen molar-refractivity contribution in [3.63, 3.8) is 0 Å². The molecule has 6 nitrogen and oxygen atoms in total. The molecule has 0 saturated carbocycles. The summed E-state index contributed by atoms with van der Waals surface area (Å²) in [6.45, 7) is 0. The number of hydrogen-bond donors (Lipinski definition) is 2. The van der Waals surface area contributed by atoms with Crippen molar-refractivity contribution in [3.05, 3.63) is 88.7 Å². The molecular formula is C23H19ClF4N2O4S. The summed E-state index contributed by atoms with van der Waals surface area (Å²) in [6.07, 6.45) is -4.92. The van der Waals surface area contributed by atoms with Gasteiger partial charge < -0.3 is 10.1 Å². The van der Waals surface area contributed by atoms with Crippen LogP contribution in [0.15, 0.2) is 71.6 Å². The number of carbonyl (C=O) groups excluding carboxylic acids is 1. The third-order valence-corrected chi connectivity index (χ3v) is 6.67. The van der Waals surface area contributed by atoms with Crippen LogP contribution < -0.4 is 14.8 Å². The van der Waals surface area contributed by atoms with E-state index >= 15 is 0 Å². The van der Waals surface area contributed by atoms with E-state index in [1.807, 2.05) is 0 Å². The lowest BCUT2D eigenvalue weighted by Gasteiger charge is -2.20. The number of hydrogen-bond acceptors (Lipinski definition) is 4. The maximum atomic E-state index is 13.8. The van der Waals surface area contributed by atoms with Crippen LogP contribution in [0.4, 0.5) is 23.2 Å². The molecule has 0 spiro atoms. The molecule has 3 aromatic carbocycles. The molecule has 1 atom stereocenters. The van der Waals surface area contributed by atoms with Gasteiger partial charge in [-0.3, -0.25) is 4.79 Å². The van der Waals surface area contributed by atoms with Gasteiger partial charge in [-0.25, -0.2) is 12.8 Å². The second kappa shape index (κ2) is 10.6. The molecule has 1 unspecified atom stereocenters. The van der Waals surface area contributed by atoms with E-state index < -0.39 is 49.4 Å². The van der Waals surface area contributed by atoms with E-state index in [1.54, 1.807) is 30.3 Å². The highest BCUT2D eigenvalue weighted by Gasteiger charge is 2.34. The van der Waals surface area contributed by atoms with E-state index in [0.717, 1.165) is 30.3 Å². The van der Waals surface area contributed by atoms with E-state index in [4.69, 9.17) is 16.3 Å². The fourth-order valence-corrected chi connectivity index (χ4v) is 4.80. The average molecular weight is 531 g/mol. The van der Waals surface area contributed by atoms with Crippen molar-refractivity contribution < 1.29 is 35.5 Å². The van der Waals surface area contributed by atoms with Crippen molar-refractivity contribution in [2.75, 3.05) is 12.4 Å². The predicted molar refractivity (Wildman–Crippen MR) is 122 cm³/mol. The van der Waals surface area contributed by atoms with E-state index in [2.05, 4.69) is 10.0 Å². The van der Waals surface area contributed by atoms with Crippen LogP contribution in [0.5, 0.6) is 5.75 Å². The van der Waals surface area contributed by atoms with Crippen molar-refractivity contribution in [2.24, 2.45) is 0 Å². The Labute approximate surface area is 203 Å². The molecule has 12 heteroatoms. The zero-order valence-electron chi connectivity index (χ0n) is 18.1. The molecule has 0 bridgehead atoms. The third kappa shape index (κ3) is 6.71. The van der Waals surface area contributed by atoms with Crippen LogP contribution in [0, 0.1) is 5.82 Å². The minimum atomic E-state index is -4.77. The molecule has 3 aromatic rings. The SMILES string of the molecule is COc1ccc(F)cc1S(=O)(=O)NC(Cc1ccccc1)C(=O)Nc1ccc(Cl)c(C(F)(F)F)c1. The Morgan fingerprint density at radius 3 is 2.37 bits per heavy atom. The molecule has 0 aliphatic heterocycles. The first-order chi connectivity index (χ1) is 16.4. The van der Waals surface area contributed by atoms with Crippen molar-refractivity contribution in [2.45, 2.75) is 23.5 Å². The molecule has 0 radical (unpaired) electrons. The second-order valence-corrected chi connectivity index (χ2v) is 9.43. The Balaban J connectivity index is 1.95. The monoisotopic (exact) mass is 530 g/mol. The summed E-state index contributed by atoms with van der Waals surface area (Å²) < 4.78 is 86.7. The lowest BCUT2D eigenvalue weighted by Crippen LogP contribution is -2.45. The smallest absolute Gasteiger partial charge is 0.417 e. The minimum absolute atomic E-state index is 0.150. The van der Waals surface area contributed by atoms with Gasteiger partial charge >= 0.3 is 6.18 Å². The lowest BCUT2D eigenvalue weighted by molar-refractivity contribution is -0.137. The molecular weight excluding hydrogens is 512 g/mol. The predicted octanol–water partition coefficient (Wildman–Crippen LogP) is 5.03. The Hall–Kier alpha value is -3.15. The van der Waals surface area contributed by atoms with Gasteiger partial charge in [0, 0.05) is 5.69 Å². The number of amides is 1. The van der Waals surface area contributed by atoms with Crippen molar-refractivity contribution >= 4 is 33.2 Å². The van der Waals surface area contributed by atoms with Gasteiger partial charge in [-0.05, 0) is 48.4 Å². The van der Waals surface area contributed by atoms with Gasteiger partial charge in [-0.2, -0.15) is 17.9 Å². The van der Waals surface area contributed by atoms with Crippen LogP contribution in [0.3, 0.4) is 0 Å². The molecule has 0 aromatic heterocycles. The van der Waals surface area contributed by atoms with Crippen LogP contribution in [-0.4, -0.2) is 27.5 Å². The summed E-state index contributed by atoms with van der Waals surface area (Å²) in [7, 11) is -3.30. The molecule has 0 fully saturated rings. The van der Waals surface area contributed by atoms with Gasteiger partial charge in [0.25, 0.3) is 0 Å². The third-order valence-electron chi connectivity index (χ3n) is 4.85. The number of methoxy groups -OCH3 is 1. The van der Waals surface area contributed by atoms with Crippen molar-refractivity contribution in [1.82, 2.24) is 4.72 Å². The van der Waals surface area contributed by atoms with Crippen LogP contribution in [0.2, 0.25) is 5.02 Å². The molecule has 0 aliphatic rings. The van der Waals surface area contributed by atoms with Gasteiger partial charge in [0.1, 0.15) is 22.5 Å². The van der Waals surface area contributed by atoms with Gasteiger partial charge in [-0.15, -0.1) is 0 Å². The number of anilines is 1. The number of ether oxygens (including phenoxy) is 1. The molecule has 1 amide bonds. The quantitative estimate of drug-likeness (QED) is 0.400. The number of alkyl halides is 3. The van der Waals surface area contributed by atoms with Crippen LogP contribution in [0.25, 0.3) is 0 Å². The Morgan fingerprint density at radius 2 is 1.74 bits per heavy atom. The normalized spacial score (nSPS) is 12.7. The average Bonchev–Trinajstić information content (AvgIpc) is 2.79. The summed E-state index contributed by atoms with van der Waals surface area (Å²) in [5.41, 5.74) is -0.845. The largest absolute Gasteiger partial charge is 0.495 e. The maximum absolute atomic E-state index is 13.8. The lowest BCUT2D eigenvalue weighted by atomic mass is 10.1. The van der Waals surface area contributed by atoms with E-state index in [0.29, 0.717) is 11.6 Å². The van der Waals surface area contributed by atoms with Crippen molar-refractivity contribution in [1.29, 1.82) is 0 Å². The molecule has 2 N–H and O–H groups in total. The van der Waals surface area contributed by atoms with Crippen LogP contribution >= 0.6 is 11.6 Å². The zero-order valence-corrected chi connectivity index (χ0v) is 19.6. The van der Waals surface area contributed by atoms with Crippen molar-refractivity contribution in [3.8, 4) is 5.75 Å². The molecule has 186 valence electrons. The van der Waals surface area contributed by atoms with Gasteiger partial charge in [0.2, 0.25) is 15.9 Å². The van der Waals surface area contributed by atoms with Gasteiger partial charge in [0.05, 0.1) is 17.7 Å². The maximum Gasteiger partial charge on any atom is 0.417 e. The summed E-state index contributed by atoms with van der Waals surface area (Å²) in [6, 6.07) is 12.5. The first-order valence-electron chi connectivity index (χ1n) is 9.98. The summed E-state index contributed by atoms with van der Waals surface area (Å²) in [5, 5.41) is 1.73. The van der Waals surface area contributed by atoms with E-state index in [1.165, 1.54) is 7.11 Å². The number of rotatable bonds is 8. The Bertz CT molecular complexity index is 1320. The highest BCUT2D eigenvalue weighted by atomic mass is 35.5. The first-order valence-corrected chi connectivity index (χ1v) is 11.8. The number of sulfonamides is 1. The van der Waals surface area contributed by atoms with Crippen LogP contribution in [0.1, 0.15) is 11.1 Å². The Kier molecular flexibility index (Phi) is 8.04. The molecule has 0 heterocycles. The highest BCUT2D eigenvalue weighted by Crippen LogP contribution is 2.36. The molecule has 3 rings (SSSR count). The number of nitrogens with one attached hydrogen (secondary N) is 2. The van der Waals surface area contributed by atoms with E-state index in [9.17, 15) is 30.8 Å². The fourth-order valence-electron chi connectivity index (χ4n) is 3.20. The standard InChI is InChI=1S/C23H19ClF4N2O4S/c1-34-20-10-7-15(25)12-21(20)35(32,33)30-19(11-14-5-3-2-4-6-14)22(31)29-16-8-9-18(24)17(13-16)23(26,27)28/h2-10,12-13,19,30H,11H2,1H3,(H,29,31). The van der Waals surface area contributed by atoms with Gasteiger partial charge in [-0.1, -0.05) is 41.9 Å². The molecule has 35 heavy (non-hydrogen) atoms. The minimum Gasteiger partial charge on any atom is -0.495 e. The zero-order chi connectivity index (χ0) is 25.8. The summed E-state index contributed by atoms with van der Waals surface area (Å²) in [5.74, 6) is -1.95. The summed E-state index contributed by atoms with van der Waals surface area (Å²) >= 11 is 5.62. The Morgan fingerprint density at radius 1 is 1.06 bits per heavy atom. The van der Waals surface area contributed by atoms with Crippen LogP contribution in [-0.2, 0) is 27.4 Å². The number of carbonyl (C=O) groups is 1. The highest BCUT2D eigenvalue weighted by molar-refractivity contribution is 7.89. The van der Waals surface area contributed by atoms with E-state index in [-0.39, 0.29) is 17.9 Å². The van der Waals surface area contributed by atoms with Gasteiger partial charge in [0.15, 0.2) is 0 Å². The fraction of sp³-hybridized carbons (Fsp3) is 0.174. The topological polar surface area (TPSA) is 84.5 Å². The summed E-state index contributed by atoms with van der Waals surface area (Å²) in [4.78, 5) is 12.5. The number of benzene rings is 3. The number of halogens is 5.